The number of aromatic hydroxyl groups is 1. The highest BCUT2D eigenvalue weighted by Crippen LogP contribution is 2.23. The maximum Gasteiger partial charge on any atom is 0.155 e. The number of aromatic nitrogens is 1. The number of phenols is 1. The second-order valence-electron chi connectivity index (χ2n) is 3.14. The van der Waals surface area contributed by atoms with Crippen molar-refractivity contribution in [1.29, 1.82) is 0 Å². The first-order valence-corrected chi connectivity index (χ1v) is 4.27. The van der Waals surface area contributed by atoms with Crippen LogP contribution in [-0.4, -0.2) is 16.4 Å². The molecule has 0 spiro atoms. The molecule has 2 rings (SSSR count). The van der Waals surface area contributed by atoms with E-state index < -0.39 is 0 Å². The monoisotopic (exact) mass is 187 g/mol. The minimum Gasteiger partial charge on any atom is -0.507 e. The van der Waals surface area contributed by atoms with Gasteiger partial charge in [-0.05, 0) is 25.1 Å². The van der Waals surface area contributed by atoms with Crippen LogP contribution in [0.4, 0.5) is 0 Å². The fourth-order valence-electron chi connectivity index (χ4n) is 1.41. The summed E-state index contributed by atoms with van der Waals surface area (Å²) in [7, 11) is 0. The van der Waals surface area contributed by atoms with E-state index in [9.17, 15) is 9.90 Å². The summed E-state index contributed by atoms with van der Waals surface area (Å²) in [6.07, 6.45) is 0.629. The van der Waals surface area contributed by atoms with Gasteiger partial charge in [-0.25, -0.2) is 0 Å². The average molecular weight is 187 g/mol. The molecule has 0 unspecified atom stereocenters. The zero-order valence-electron chi connectivity index (χ0n) is 7.69. The molecule has 0 radical (unpaired) electrons. The number of pyridine rings is 1. The highest BCUT2D eigenvalue weighted by Gasteiger charge is 2.06. The van der Waals surface area contributed by atoms with Crippen LogP contribution in [0.25, 0.3) is 10.9 Å². The molecule has 14 heavy (non-hydrogen) atoms. The summed E-state index contributed by atoms with van der Waals surface area (Å²) in [5.41, 5.74) is 1.64. The molecule has 0 amide bonds. The summed E-state index contributed by atoms with van der Waals surface area (Å²) in [5.74, 6) is -0.0226. The molecular weight excluding hydrogens is 178 g/mol. The van der Waals surface area contributed by atoms with Gasteiger partial charge in [0.25, 0.3) is 0 Å². The molecule has 0 saturated heterocycles. The summed E-state index contributed by atoms with van der Waals surface area (Å²) in [4.78, 5) is 15.0. The molecule has 3 nitrogen and oxygen atoms in total. The van der Waals surface area contributed by atoms with E-state index in [1.807, 2.05) is 19.1 Å². The summed E-state index contributed by atoms with van der Waals surface area (Å²) >= 11 is 0. The number of benzene rings is 1. The minimum atomic E-state index is -0.0226. The first-order chi connectivity index (χ1) is 6.72. The standard InChI is InChI=1S/C11H9NO2/c1-7-2-3-8-4-5-10(14)9(6-13)11(8)12-7/h2-6,14H,1H3. The van der Waals surface area contributed by atoms with Crippen molar-refractivity contribution >= 4 is 17.2 Å². The van der Waals surface area contributed by atoms with Gasteiger partial charge in [-0.2, -0.15) is 0 Å². The number of hydrogen-bond acceptors (Lipinski definition) is 3. The van der Waals surface area contributed by atoms with Crippen molar-refractivity contribution in [3.8, 4) is 5.75 Å². The van der Waals surface area contributed by atoms with Gasteiger partial charge in [-0.15, -0.1) is 0 Å². The van der Waals surface area contributed by atoms with Gasteiger partial charge in [0.1, 0.15) is 5.75 Å². The molecule has 0 bridgehead atoms. The Kier molecular flexibility index (Phi) is 1.93. The molecule has 1 N–H and O–H groups in total. The Balaban J connectivity index is 2.91. The third-order valence-corrected chi connectivity index (χ3v) is 2.14. The fourth-order valence-corrected chi connectivity index (χ4v) is 1.41. The van der Waals surface area contributed by atoms with Gasteiger partial charge in [0.15, 0.2) is 6.29 Å². The molecule has 1 heterocycles. The molecule has 0 aliphatic rings. The zero-order valence-corrected chi connectivity index (χ0v) is 7.69. The number of phenolic OH excluding ortho intramolecular Hbond substituents is 1. The van der Waals surface area contributed by atoms with Crippen LogP contribution in [0, 0.1) is 6.92 Å². The van der Waals surface area contributed by atoms with E-state index in [0.29, 0.717) is 11.8 Å². The first-order valence-electron chi connectivity index (χ1n) is 4.27. The number of nitrogens with zero attached hydrogens (tertiary/aromatic N) is 1. The Morgan fingerprint density at radius 1 is 1.29 bits per heavy atom. The van der Waals surface area contributed by atoms with Crippen LogP contribution in [-0.2, 0) is 0 Å². The zero-order chi connectivity index (χ0) is 10.1. The Bertz CT molecular complexity index is 501. The maximum atomic E-state index is 10.8. The molecular formula is C11H9NO2. The van der Waals surface area contributed by atoms with Crippen LogP contribution < -0.4 is 0 Å². The third kappa shape index (κ3) is 1.23. The number of aryl methyl sites for hydroxylation is 1. The molecule has 0 atom stereocenters. The first kappa shape index (κ1) is 8.69. The molecule has 70 valence electrons. The maximum absolute atomic E-state index is 10.8. The molecule has 3 heteroatoms. The highest BCUT2D eigenvalue weighted by atomic mass is 16.3. The van der Waals surface area contributed by atoms with Crippen LogP contribution in [0.3, 0.4) is 0 Å². The number of carbonyl (C=O) groups excluding carboxylic acids is 1. The Morgan fingerprint density at radius 2 is 2.00 bits per heavy atom. The quantitative estimate of drug-likeness (QED) is 0.695. The van der Waals surface area contributed by atoms with E-state index >= 15 is 0 Å². The van der Waals surface area contributed by atoms with E-state index in [2.05, 4.69) is 4.98 Å². The van der Waals surface area contributed by atoms with Gasteiger partial charge in [0.2, 0.25) is 0 Å². The number of rotatable bonds is 1. The number of carbonyl (C=O) groups is 1. The van der Waals surface area contributed by atoms with E-state index in [-0.39, 0.29) is 11.3 Å². The van der Waals surface area contributed by atoms with Gasteiger partial charge in [-0.1, -0.05) is 6.07 Å². The van der Waals surface area contributed by atoms with Gasteiger partial charge < -0.3 is 5.11 Å². The highest BCUT2D eigenvalue weighted by molar-refractivity contribution is 5.98. The fraction of sp³-hybridized carbons (Fsp3) is 0.0909. The SMILES string of the molecule is Cc1ccc2ccc(O)c(C=O)c2n1. The number of fused-ring (bicyclic) bond motifs is 1. The molecule has 1 aromatic carbocycles. The molecule has 0 fully saturated rings. The summed E-state index contributed by atoms with van der Waals surface area (Å²) in [6.45, 7) is 1.85. The third-order valence-electron chi connectivity index (χ3n) is 2.14. The van der Waals surface area contributed by atoms with E-state index in [1.54, 1.807) is 6.07 Å². The van der Waals surface area contributed by atoms with Crippen molar-refractivity contribution in [3.05, 3.63) is 35.5 Å². The van der Waals surface area contributed by atoms with Crippen molar-refractivity contribution in [3.63, 3.8) is 0 Å². The van der Waals surface area contributed by atoms with Gasteiger partial charge in [-0.3, -0.25) is 9.78 Å². The Hall–Kier alpha value is -1.90. The smallest absolute Gasteiger partial charge is 0.155 e. The lowest BCUT2D eigenvalue weighted by molar-refractivity contribution is 0.112. The van der Waals surface area contributed by atoms with Crippen molar-refractivity contribution in [2.24, 2.45) is 0 Å². The predicted octanol–water partition coefficient (Wildman–Crippen LogP) is 2.06. The second kappa shape index (κ2) is 3.10. The minimum absolute atomic E-state index is 0.0226. The van der Waals surface area contributed by atoms with Gasteiger partial charge in [0.05, 0.1) is 11.1 Å². The van der Waals surface area contributed by atoms with Crippen molar-refractivity contribution in [2.45, 2.75) is 6.92 Å². The summed E-state index contributed by atoms with van der Waals surface area (Å²) in [6, 6.07) is 6.99. The Labute approximate surface area is 81.0 Å². The van der Waals surface area contributed by atoms with Crippen LogP contribution in [0.15, 0.2) is 24.3 Å². The van der Waals surface area contributed by atoms with E-state index in [4.69, 9.17) is 0 Å². The van der Waals surface area contributed by atoms with Crippen molar-refractivity contribution in [2.75, 3.05) is 0 Å². The molecule has 0 saturated carbocycles. The topological polar surface area (TPSA) is 50.2 Å². The lowest BCUT2D eigenvalue weighted by Crippen LogP contribution is -1.90. The number of aldehydes is 1. The lowest BCUT2D eigenvalue weighted by atomic mass is 10.1. The Morgan fingerprint density at radius 3 is 2.71 bits per heavy atom. The van der Waals surface area contributed by atoms with Crippen LogP contribution in [0.2, 0.25) is 0 Å². The second-order valence-corrected chi connectivity index (χ2v) is 3.14. The molecule has 0 aliphatic carbocycles. The van der Waals surface area contributed by atoms with Gasteiger partial charge in [0, 0.05) is 11.1 Å². The van der Waals surface area contributed by atoms with Gasteiger partial charge >= 0.3 is 0 Å². The van der Waals surface area contributed by atoms with E-state index in [1.165, 1.54) is 6.07 Å². The number of hydrogen-bond donors (Lipinski definition) is 1. The molecule has 1 aromatic heterocycles. The van der Waals surface area contributed by atoms with E-state index in [0.717, 1.165) is 11.1 Å². The predicted molar refractivity (Wildman–Crippen MR) is 53.5 cm³/mol. The summed E-state index contributed by atoms with van der Waals surface area (Å²) < 4.78 is 0. The van der Waals surface area contributed by atoms with Crippen LogP contribution in [0.1, 0.15) is 16.1 Å². The molecule has 2 aromatic rings. The lowest BCUT2D eigenvalue weighted by Gasteiger charge is -2.03. The largest absolute Gasteiger partial charge is 0.507 e. The normalized spacial score (nSPS) is 10.4. The molecule has 0 aliphatic heterocycles. The van der Waals surface area contributed by atoms with Crippen molar-refractivity contribution < 1.29 is 9.90 Å². The average Bonchev–Trinajstić information content (AvgIpc) is 2.17. The summed E-state index contributed by atoms with van der Waals surface area (Å²) in [5, 5.41) is 10.3. The van der Waals surface area contributed by atoms with Crippen molar-refractivity contribution in [1.82, 2.24) is 4.98 Å². The van der Waals surface area contributed by atoms with Crippen LogP contribution in [0.5, 0.6) is 5.75 Å². The van der Waals surface area contributed by atoms with Crippen LogP contribution >= 0.6 is 0 Å².